The average Bonchev–Trinajstić information content (AvgIpc) is 2.77. The highest BCUT2D eigenvalue weighted by atomic mass is 79.9. The summed E-state index contributed by atoms with van der Waals surface area (Å²) >= 11 is 3.45. The molecule has 1 aliphatic rings. The van der Waals surface area contributed by atoms with Gasteiger partial charge in [-0.25, -0.2) is 0 Å². The fourth-order valence-electron chi connectivity index (χ4n) is 2.55. The molecule has 0 saturated carbocycles. The predicted molar refractivity (Wildman–Crippen MR) is 78.1 cm³/mol. The molecule has 0 fully saturated rings. The van der Waals surface area contributed by atoms with Crippen LogP contribution in [0, 0.1) is 6.92 Å². The molecule has 1 aromatic carbocycles. The maximum absolute atomic E-state index is 12.5. The number of hydrogen-bond acceptors (Lipinski definition) is 1. The number of halogens is 1. The molecule has 0 aliphatic carbocycles. The van der Waals surface area contributed by atoms with Crippen LogP contribution in [0.1, 0.15) is 27.2 Å². The fraction of sp³-hybridized carbons (Fsp3) is 0.267. The molecule has 1 amide bonds. The summed E-state index contributed by atoms with van der Waals surface area (Å²) in [6, 6.07) is 9.83. The number of fused-ring (bicyclic) bond motifs is 1. The summed E-state index contributed by atoms with van der Waals surface area (Å²) in [5, 5.41) is 0. The molecular formula is C15H15BrN2O. The van der Waals surface area contributed by atoms with Gasteiger partial charge in [-0.2, -0.15) is 0 Å². The van der Waals surface area contributed by atoms with Gasteiger partial charge in [0, 0.05) is 30.8 Å². The molecule has 0 unspecified atom stereocenters. The van der Waals surface area contributed by atoms with E-state index in [1.165, 1.54) is 11.3 Å². The van der Waals surface area contributed by atoms with E-state index in [0.717, 1.165) is 28.7 Å². The number of carbonyl (C=O) groups is 1. The quantitative estimate of drug-likeness (QED) is 0.860. The molecular weight excluding hydrogens is 304 g/mol. The molecule has 1 aliphatic heterocycles. The third kappa shape index (κ3) is 2.32. The topological polar surface area (TPSA) is 36.1 Å². The molecule has 98 valence electrons. The summed E-state index contributed by atoms with van der Waals surface area (Å²) < 4.78 is 0.989. The Morgan fingerprint density at radius 2 is 2.16 bits per heavy atom. The fourth-order valence-corrected chi connectivity index (χ4v) is 3.07. The van der Waals surface area contributed by atoms with E-state index < -0.39 is 0 Å². The molecule has 0 bridgehead atoms. The number of H-pyrrole nitrogens is 1. The number of carbonyl (C=O) groups excluding carboxylic acids is 1. The van der Waals surface area contributed by atoms with Crippen molar-refractivity contribution in [1.82, 2.24) is 9.88 Å². The van der Waals surface area contributed by atoms with Crippen molar-refractivity contribution in [2.24, 2.45) is 0 Å². The van der Waals surface area contributed by atoms with Crippen molar-refractivity contribution in [2.45, 2.75) is 19.9 Å². The van der Waals surface area contributed by atoms with Crippen LogP contribution >= 0.6 is 15.9 Å². The highest BCUT2D eigenvalue weighted by Gasteiger charge is 2.23. The molecule has 2 aromatic rings. The lowest BCUT2D eigenvalue weighted by atomic mass is 10.0. The first-order chi connectivity index (χ1) is 9.15. The van der Waals surface area contributed by atoms with E-state index in [2.05, 4.69) is 27.0 Å². The Hall–Kier alpha value is -1.55. The number of aromatic amines is 1. The van der Waals surface area contributed by atoms with Crippen LogP contribution in [-0.2, 0) is 13.0 Å². The molecule has 3 rings (SSSR count). The largest absolute Gasteiger partial charge is 0.353 e. The highest BCUT2D eigenvalue weighted by molar-refractivity contribution is 9.10. The standard InChI is InChI=1S/C15H15BrN2O/c1-10-4-2-3-5-12(10)15(19)18-7-6-13-11(9-18)8-14(16)17-13/h2-5,8,17H,6-7,9H2,1H3. The number of hydrogen-bond donors (Lipinski definition) is 1. The summed E-state index contributed by atoms with van der Waals surface area (Å²) in [7, 11) is 0. The monoisotopic (exact) mass is 318 g/mol. The molecule has 19 heavy (non-hydrogen) atoms. The predicted octanol–water partition coefficient (Wildman–Crippen LogP) is 3.28. The van der Waals surface area contributed by atoms with Gasteiger partial charge in [0.25, 0.3) is 5.91 Å². The third-order valence-electron chi connectivity index (χ3n) is 3.61. The Labute approximate surface area is 120 Å². The second-order valence-corrected chi connectivity index (χ2v) is 5.77. The van der Waals surface area contributed by atoms with Crippen molar-refractivity contribution < 1.29 is 4.79 Å². The smallest absolute Gasteiger partial charge is 0.254 e. The van der Waals surface area contributed by atoms with E-state index in [1.807, 2.05) is 36.1 Å². The Bertz CT molecular complexity index is 633. The minimum absolute atomic E-state index is 0.126. The van der Waals surface area contributed by atoms with Crippen LogP contribution in [0.2, 0.25) is 0 Å². The molecule has 4 heteroatoms. The van der Waals surface area contributed by atoms with Crippen molar-refractivity contribution in [2.75, 3.05) is 6.54 Å². The van der Waals surface area contributed by atoms with Crippen LogP contribution in [0.4, 0.5) is 0 Å². The van der Waals surface area contributed by atoms with Crippen LogP contribution in [0.15, 0.2) is 34.9 Å². The molecule has 0 spiro atoms. The van der Waals surface area contributed by atoms with Crippen LogP contribution in [0.5, 0.6) is 0 Å². The van der Waals surface area contributed by atoms with Gasteiger partial charge in [0.1, 0.15) is 0 Å². The Morgan fingerprint density at radius 3 is 2.95 bits per heavy atom. The van der Waals surface area contributed by atoms with Crippen LogP contribution in [-0.4, -0.2) is 22.3 Å². The van der Waals surface area contributed by atoms with Crippen molar-refractivity contribution in [3.8, 4) is 0 Å². The normalized spacial score (nSPS) is 14.3. The highest BCUT2D eigenvalue weighted by Crippen LogP contribution is 2.24. The minimum atomic E-state index is 0.126. The SMILES string of the molecule is Cc1ccccc1C(=O)N1CCc2[nH]c(Br)cc2C1. The van der Waals surface area contributed by atoms with Crippen LogP contribution in [0.3, 0.4) is 0 Å². The molecule has 0 saturated heterocycles. The van der Waals surface area contributed by atoms with E-state index >= 15 is 0 Å². The Balaban J connectivity index is 1.85. The zero-order valence-corrected chi connectivity index (χ0v) is 12.3. The van der Waals surface area contributed by atoms with E-state index in [4.69, 9.17) is 0 Å². The summed E-state index contributed by atoms with van der Waals surface area (Å²) in [4.78, 5) is 17.7. The first-order valence-electron chi connectivity index (χ1n) is 6.36. The maximum Gasteiger partial charge on any atom is 0.254 e. The van der Waals surface area contributed by atoms with Gasteiger partial charge in [-0.05, 0) is 46.1 Å². The summed E-state index contributed by atoms with van der Waals surface area (Å²) in [6.45, 7) is 3.44. The first-order valence-corrected chi connectivity index (χ1v) is 7.15. The average molecular weight is 319 g/mol. The summed E-state index contributed by atoms with van der Waals surface area (Å²) in [5.74, 6) is 0.126. The Kier molecular flexibility index (Phi) is 3.19. The first kappa shape index (κ1) is 12.5. The van der Waals surface area contributed by atoms with E-state index in [0.29, 0.717) is 6.54 Å². The minimum Gasteiger partial charge on any atom is -0.353 e. The number of benzene rings is 1. The van der Waals surface area contributed by atoms with Gasteiger partial charge in [0.2, 0.25) is 0 Å². The number of aromatic nitrogens is 1. The molecule has 3 nitrogen and oxygen atoms in total. The summed E-state index contributed by atoms with van der Waals surface area (Å²) in [5.41, 5.74) is 4.29. The summed E-state index contributed by atoms with van der Waals surface area (Å²) in [6.07, 6.45) is 0.887. The van der Waals surface area contributed by atoms with Gasteiger partial charge in [0.15, 0.2) is 0 Å². The van der Waals surface area contributed by atoms with E-state index in [9.17, 15) is 4.79 Å². The van der Waals surface area contributed by atoms with Crippen molar-refractivity contribution >= 4 is 21.8 Å². The van der Waals surface area contributed by atoms with Crippen LogP contribution in [0.25, 0.3) is 0 Å². The van der Waals surface area contributed by atoms with E-state index in [-0.39, 0.29) is 5.91 Å². The van der Waals surface area contributed by atoms with Crippen molar-refractivity contribution in [1.29, 1.82) is 0 Å². The maximum atomic E-state index is 12.5. The van der Waals surface area contributed by atoms with Gasteiger partial charge in [-0.3, -0.25) is 4.79 Å². The van der Waals surface area contributed by atoms with Gasteiger partial charge >= 0.3 is 0 Å². The second-order valence-electron chi connectivity index (χ2n) is 4.91. The lowest BCUT2D eigenvalue weighted by Crippen LogP contribution is -2.36. The molecule has 2 heterocycles. The van der Waals surface area contributed by atoms with Gasteiger partial charge in [-0.1, -0.05) is 18.2 Å². The molecule has 1 N–H and O–H groups in total. The van der Waals surface area contributed by atoms with Gasteiger partial charge in [-0.15, -0.1) is 0 Å². The second kappa shape index (κ2) is 4.85. The number of amides is 1. The number of nitrogens with one attached hydrogen (secondary N) is 1. The van der Waals surface area contributed by atoms with Crippen molar-refractivity contribution in [3.05, 3.63) is 57.3 Å². The van der Waals surface area contributed by atoms with Gasteiger partial charge in [0.05, 0.1) is 4.60 Å². The zero-order valence-electron chi connectivity index (χ0n) is 10.7. The number of rotatable bonds is 1. The lowest BCUT2D eigenvalue weighted by Gasteiger charge is -2.27. The zero-order chi connectivity index (χ0) is 13.4. The van der Waals surface area contributed by atoms with Crippen molar-refractivity contribution in [3.63, 3.8) is 0 Å². The number of nitrogens with zero attached hydrogens (tertiary/aromatic N) is 1. The lowest BCUT2D eigenvalue weighted by molar-refractivity contribution is 0.0733. The number of aryl methyl sites for hydroxylation is 1. The molecule has 1 aromatic heterocycles. The Morgan fingerprint density at radius 1 is 1.37 bits per heavy atom. The van der Waals surface area contributed by atoms with Crippen LogP contribution < -0.4 is 0 Å². The van der Waals surface area contributed by atoms with Gasteiger partial charge < -0.3 is 9.88 Å². The van der Waals surface area contributed by atoms with E-state index in [1.54, 1.807) is 0 Å². The molecule has 0 atom stereocenters. The molecule has 0 radical (unpaired) electrons. The third-order valence-corrected chi connectivity index (χ3v) is 4.04.